The molecule has 138 valence electrons. The molecule has 1 aromatic carbocycles. The van der Waals surface area contributed by atoms with Gasteiger partial charge in [0.05, 0.1) is 6.61 Å². The molecule has 2 amide bonds. The summed E-state index contributed by atoms with van der Waals surface area (Å²) in [6.07, 6.45) is 3.57. The van der Waals surface area contributed by atoms with E-state index in [4.69, 9.17) is 4.74 Å². The SMILES string of the molecule is CCCCOC(=O)N1CCC(NCCNC(=O)c2ccccc2)CC1. The molecule has 0 radical (unpaired) electrons. The number of nitrogens with one attached hydrogen (secondary N) is 2. The van der Waals surface area contributed by atoms with Crippen LogP contribution in [0.2, 0.25) is 0 Å². The van der Waals surface area contributed by atoms with Crippen molar-refractivity contribution in [2.45, 2.75) is 38.6 Å². The zero-order valence-electron chi connectivity index (χ0n) is 15.0. The molecule has 25 heavy (non-hydrogen) atoms. The van der Waals surface area contributed by atoms with Crippen LogP contribution >= 0.6 is 0 Å². The van der Waals surface area contributed by atoms with E-state index in [9.17, 15) is 9.59 Å². The molecule has 1 saturated heterocycles. The number of likely N-dealkylation sites (tertiary alicyclic amines) is 1. The van der Waals surface area contributed by atoms with Gasteiger partial charge in [0.15, 0.2) is 0 Å². The van der Waals surface area contributed by atoms with Crippen molar-refractivity contribution in [3.8, 4) is 0 Å². The zero-order chi connectivity index (χ0) is 17.9. The second kappa shape index (κ2) is 10.7. The fourth-order valence-electron chi connectivity index (χ4n) is 2.81. The molecular weight excluding hydrogens is 318 g/mol. The molecule has 1 heterocycles. The van der Waals surface area contributed by atoms with E-state index >= 15 is 0 Å². The van der Waals surface area contributed by atoms with Gasteiger partial charge in [0.1, 0.15) is 0 Å². The quantitative estimate of drug-likeness (QED) is 0.709. The van der Waals surface area contributed by atoms with Gasteiger partial charge in [0.25, 0.3) is 5.91 Å². The third-order valence-electron chi connectivity index (χ3n) is 4.36. The first-order valence-corrected chi connectivity index (χ1v) is 9.19. The van der Waals surface area contributed by atoms with Crippen molar-refractivity contribution in [1.29, 1.82) is 0 Å². The number of unbranched alkanes of at least 4 members (excludes halogenated alkanes) is 1. The Kier molecular flexibility index (Phi) is 8.25. The van der Waals surface area contributed by atoms with Gasteiger partial charge in [-0.2, -0.15) is 0 Å². The van der Waals surface area contributed by atoms with Gasteiger partial charge in [-0.25, -0.2) is 4.79 Å². The first-order valence-electron chi connectivity index (χ1n) is 9.19. The lowest BCUT2D eigenvalue weighted by Crippen LogP contribution is -2.46. The lowest BCUT2D eigenvalue weighted by molar-refractivity contribution is 0.0891. The molecule has 6 heteroatoms. The van der Waals surface area contributed by atoms with Crippen LogP contribution in [0.3, 0.4) is 0 Å². The molecular formula is C19H29N3O3. The molecule has 0 aliphatic carbocycles. The summed E-state index contributed by atoms with van der Waals surface area (Å²) in [5, 5.41) is 6.35. The van der Waals surface area contributed by atoms with Gasteiger partial charge < -0.3 is 20.3 Å². The van der Waals surface area contributed by atoms with Gasteiger partial charge in [-0.1, -0.05) is 31.5 Å². The predicted molar refractivity (Wildman–Crippen MR) is 97.6 cm³/mol. The minimum absolute atomic E-state index is 0.0490. The highest BCUT2D eigenvalue weighted by molar-refractivity contribution is 5.94. The summed E-state index contributed by atoms with van der Waals surface area (Å²) in [5.74, 6) is -0.0490. The highest BCUT2D eigenvalue weighted by atomic mass is 16.6. The van der Waals surface area contributed by atoms with E-state index in [0.29, 0.717) is 24.8 Å². The lowest BCUT2D eigenvalue weighted by atomic mass is 10.1. The van der Waals surface area contributed by atoms with Crippen LogP contribution in [0.5, 0.6) is 0 Å². The Balaban J connectivity index is 1.56. The Morgan fingerprint density at radius 1 is 1.16 bits per heavy atom. The molecule has 1 aliphatic heterocycles. The molecule has 6 nitrogen and oxygen atoms in total. The van der Waals surface area contributed by atoms with Crippen LogP contribution in [-0.2, 0) is 4.74 Å². The minimum Gasteiger partial charge on any atom is -0.449 e. The topological polar surface area (TPSA) is 70.7 Å². The molecule has 2 rings (SSSR count). The van der Waals surface area contributed by atoms with Gasteiger partial charge in [0, 0.05) is 37.8 Å². The molecule has 2 N–H and O–H groups in total. The Hall–Kier alpha value is -2.08. The Labute approximate surface area is 149 Å². The Morgan fingerprint density at radius 2 is 1.88 bits per heavy atom. The number of hydrogen-bond donors (Lipinski definition) is 2. The maximum atomic E-state index is 11.9. The number of rotatable bonds is 8. The fourth-order valence-corrected chi connectivity index (χ4v) is 2.81. The fraction of sp³-hybridized carbons (Fsp3) is 0.579. The summed E-state index contributed by atoms with van der Waals surface area (Å²) in [7, 11) is 0. The summed E-state index contributed by atoms with van der Waals surface area (Å²) >= 11 is 0. The van der Waals surface area contributed by atoms with Gasteiger partial charge in [-0.3, -0.25) is 4.79 Å². The summed E-state index contributed by atoms with van der Waals surface area (Å²) in [5.41, 5.74) is 0.678. The van der Waals surface area contributed by atoms with Gasteiger partial charge in [0.2, 0.25) is 0 Å². The predicted octanol–water partition coefficient (Wildman–Crippen LogP) is 2.41. The zero-order valence-corrected chi connectivity index (χ0v) is 15.0. The highest BCUT2D eigenvalue weighted by Crippen LogP contribution is 2.11. The van der Waals surface area contributed by atoms with Crippen LogP contribution in [0.1, 0.15) is 43.0 Å². The lowest BCUT2D eigenvalue weighted by Gasteiger charge is -2.31. The number of benzene rings is 1. The average Bonchev–Trinajstić information content (AvgIpc) is 2.66. The van der Waals surface area contributed by atoms with Crippen LogP contribution in [0.15, 0.2) is 30.3 Å². The summed E-state index contributed by atoms with van der Waals surface area (Å²) in [6, 6.07) is 9.59. The summed E-state index contributed by atoms with van der Waals surface area (Å²) < 4.78 is 5.24. The van der Waals surface area contributed by atoms with Crippen molar-refractivity contribution in [2.24, 2.45) is 0 Å². The molecule has 1 aliphatic rings. The molecule has 0 unspecified atom stereocenters. The van der Waals surface area contributed by atoms with E-state index in [1.54, 1.807) is 17.0 Å². The van der Waals surface area contributed by atoms with Crippen molar-refractivity contribution in [3.63, 3.8) is 0 Å². The monoisotopic (exact) mass is 347 g/mol. The number of hydrogen-bond acceptors (Lipinski definition) is 4. The van der Waals surface area contributed by atoms with E-state index in [1.807, 2.05) is 18.2 Å². The van der Waals surface area contributed by atoms with Crippen LogP contribution < -0.4 is 10.6 Å². The van der Waals surface area contributed by atoms with E-state index in [0.717, 1.165) is 45.3 Å². The number of ether oxygens (including phenoxy) is 1. The summed E-state index contributed by atoms with van der Waals surface area (Å²) in [6.45, 7) is 5.34. The normalized spacial score (nSPS) is 15.0. The van der Waals surface area contributed by atoms with Crippen LogP contribution in [0.4, 0.5) is 4.79 Å². The van der Waals surface area contributed by atoms with Crippen LogP contribution in [0, 0.1) is 0 Å². The van der Waals surface area contributed by atoms with E-state index in [1.165, 1.54) is 0 Å². The van der Waals surface area contributed by atoms with Gasteiger partial charge >= 0.3 is 6.09 Å². The average molecular weight is 347 g/mol. The first kappa shape index (κ1) is 19.2. The maximum absolute atomic E-state index is 11.9. The molecule has 1 aromatic rings. The third kappa shape index (κ3) is 6.74. The van der Waals surface area contributed by atoms with E-state index in [-0.39, 0.29) is 12.0 Å². The third-order valence-corrected chi connectivity index (χ3v) is 4.36. The molecule has 0 atom stereocenters. The number of carbonyl (C=O) groups excluding carboxylic acids is 2. The van der Waals surface area contributed by atoms with E-state index in [2.05, 4.69) is 17.6 Å². The second-order valence-electron chi connectivity index (χ2n) is 6.31. The van der Waals surface area contributed by atoms with Crippen molar-refractivity contribution in [1.82, 2.24) is 15.5 Å². The second-order valence-corrected chi connectivity index (χ2v) is 6.31. The van der Waals surface area contributed by atoms with Crippen LogP contribution in [0.25, 0.3) is 0 Å². The Bertz CT molecular complexity index is 528. The molecule has 0 aromatic heterocycles. The van der Waals surface area contributed by atoms with Gasteiger partial charge in [-0.05, 0) is 31.4 Å². The Morgan fingerprint density at radius 3 is 2.56 bits per heavy atom. The first-order chi connectivity index (χ1) is 12.2. The van der Waals surface area contributed by atoms with Crippen molar-refractivity contribution in [3.05, 3.63) is 35.9 Å². The largest absolute Gasteiger partial charge is 0.449 e. The summed E-state index contributed by atoms with van der Waals surface area (Å²) in [4.78, 5) is 25.6. The van der Waals surface area contributed by atoms with E-state index < -0.39 is 0 Å². The smallest absolute Gasteiger partial charge is 0.409 e. The number of amides is 2. The number of nitrogens with zero attached hydrogens (tertiary/aromatic N) is 1. The van der Waals surface area contributed by atoms with Crippen molar-refractivity contribution in [2.75, 3.05) is 32.8 Å². The van der Waals surface area contributed by atoms with Gasteiger partial charge in [-0.15, -0.1) is 0 Å². The molecule has 1 fully saturated rings. The molecule has 0 spiro atoms. The number of piperidine rings is 1. The standard InChI is InChI=1S/C19H29N3O3/c1-2-3-15-25-19(24)22-13-9-17(10-14-22)20-11-12-21-18(23)16-7-5-4-6-8-16/h4-8,17,20H,2-3,9-15H2,1H3,(H,21,23). The highest BCUT2D eigenvalue weighted by Gasteiger charge is 2.23. The number of carbonyl (C=O) groups is 2. The maximum Gasteiger partial charge on any atom is 0.409 e. The molecule has 0 saturated carbocycles. The van der Waals surface area contributed by atoms with Crippen molar-refractivity contribution < 1.29 is 14.3 Å². The van der Waals surface area contributed by atoms with Crippen LogP contribution in [-0.4, -0.2) is 55.7 Å². The minimum atomic E-state index is -0.193. The van der Waals surface area contributed by atoms with Crippen molar-refractivity contribution >= 4 is 12.0 Å². The molecule has 0 bridgehead atoms.